The molecule has 1 N–H and O–H groups in total. The van der Waals surface area contributed by atoms with Crippen molar-refractivity contribution < 1.29 is 0 Å². The Labute approximate surface area is 93.5 Å². The summed E-state index contributed by atoms with van der Waals surface area (Å²) in [5.41, 5.74) is 0. The number of nitriles is 1. The summed E-state index contributed by atoms with van der Waals surface area (Å²) in [6, 6.07) is 2.24. The second-order valence-electron chi connectivity index (χ2n) is 4.80. The summed E-state index contributed by atoms with van der Waals surface area (Å²) in [6.07, 6.45) is 2.73. The van der Waals surface area contributed by atoms with Gasteiger partial charge in [0.1, 0.15) is 0 Å². The second-order valence-corrected chi connectivity index (χ2v) is 4.80. The number of hydrogen-bond donors (Lipinski definition) is 1. The van der Waals surface area contributed by atoms with Crippen LogP contribution >= 0.6 is 0 Å². The van der Waals surface area contributed by atoms with Crippen molar-refractivity contribution >= 4 is 0 Å². The Morgan fingerprint density at radius 2 is 1.93 bits per heavy atom. The van der Waals surface area contributed by atoms with Crippen LogP contribution in [0.4, 0.5) is 0 Å². The van der Waals surface area contributed by atoms with Gasteiger partial charge in [-0.05, 0) is 45.3 Å². The highest BCUT2D eigenvalue weighted by molar-refractivity contribution is 4.80. The summed E-state index contributed by atoms with van der Waals surface area (Å²) < 4.78 is 0. The van der Waals surface area contributed by atoms with E-state index in [-0.39, 0.29) is 5.92 Å². The number of nitrogens with one attached hydrogen (secondary N) is 1. The monoisotopic (exact) mass is 209 g/mol. The molecule has 0 saturated carbocycles. The van der Waals surface area contributed by atoms with Gasteiger partial charge in [0.15, 0.2) is 0 Å². The van der Waals surface area contributed by atoms with E-state index in [1.54, 1.807) is 0 Å². The molecule has 0 spiro atoms. The molecule has 15 heavy (non-hydrogen) atoms. The van der Waals surface area contributed by atoms with Crippen LogP contribution in [0.3, 0.4) is 0 Å². The zero-order chi connectivity index (χ0) is 11.1. The van der Waals surface area contributed by atoms with E-state index in [1.807, 2.05) is 6.92 Å². The van der Waals surface area contributed by atoms with Crippen molar-refractivity contribution in [1.82, 2.24) is 10.2 Å². The SMILES string of the molecule is CC(C#N)CNCC(C)CN1CCCC1. The highest BCUT2D eigenvalue weighted by Crippen LogP contribution is 2.09. The molecule has 0 amide bonds. The van der Waals surface area contributed by atoms with E-state index < -0.39 is 0 Å². The van der Waals surface area contributed by atoms with Gasteiger partial charge in [-0.2, -0.15) is 5.26 Å². The smallest absolute Gasteiger partial charge is 0.0666 e. The Balaban J connectivity index is 2.03. The van der Waals surface area contributed by atoms with Gasteiger partial charge in [-0.1, -0.05) is 6.92 Å². The van der Waals surface area contributed by atoms with Crippen LogP contribution in [0.25, 0.3) is 0 Å². The van der Waals surface area contributed by atoms with Crippen molar-refractivity contribution in [3.8, 4) is 6.07 Å². The van der Waals surface area contributed by atoms with E-state index in [4.69, 9.17) is 5.26 Å². The van der Waals surface area contributed by atoms with Crippen LogP contribution in [0.2, 0.25) is 0 Å². The highest BCUT2D eigenvalue weighted by atomic mass is 15.1. The maximum atomic E-state index is 8.63. The third-order valence-corrected chi connectivity index (χ3v) is 2.93. The minimum atomic E-state index is 0.129. The van der Waals surface area contributed by atoms with Crippen molar-refractivity contribution in [3.05, 3.63) is 0 Å². The van der Waals surface area contributed by atoms with Crippen LogP contribution in [-0.2, 0) is 0 Å². The third kappa shape index (κ3) is 5.15. The molecule has 0 bridgehead atoms. The van der Waals surface area contributed by atoms with E-state index in [2.05, 4.69) is 23.2 Å². The quantitative estimate of drug-likeness (QED) is 0.720. The lowest BCUT2D eigenvalue weighted by Gasteiger charge is -2.20. The first-order valence-corrected chi connectivity index (χ1v) is 6.05. The molecule has 0 aliphatic carbocycles. The molecule has 1 fully saturated rings. The Hall–Kier alpha value is -0.590. The van der Waals surface area contributed by atoms with Gasteiger partial charge in [0.2, 0.25) is 0 Å². The van der Waals surface area contributed by atoms with Crippen LogP contribution in [-0.4, -0.2) is 37.6 Å². The van der Waals surface area contributed by atoms with Gasteiger partial charge < -0.3 is 10.2 Å². The largest absolute Gasteiger partial charge is 0.315 e. The first kappa shape index (κ1) is 12.5. The van der Waals surface area contributed by atoms with Crippen molar-refractivity contribution in [1.29, 1.82) is 5.26 Å². The van der Waals surface area contributed by atoms with Gasteiger partial charge in [0, 0.05) is 13.1 Å². The fourth-order valence-corrected chi connectivity index (χ4v) is 2.06. The average molecular weight is 209 g/mol. The predicted octanol–water partition coefficient (Wildman–Crippen LogP) is 1.47. The zero-order valence-electron chi connectivity index (χ0n) is 10.00. The molecule has 2 unspecified atom stereocenters. The minimum Gasteiger partial charge on any atom is -0.315 e. The molecule has 0 aromatic heterocycles. The molecule has 0 radical (unpaired) electrons. The van der Waals surface area contributed by atoms with Gasteiger partial charge in [0.25, 0.3) is 0 Å². The standard InChI is InChI=1S/C12H23N3/c1-11(7-13)8-14-9-12(2)10-15-5-3-4-6-15/h11-12,14H,3-6,8-10H2,1-2H3. The van der Waals surface area contributed by atoms with E-state index in [0.717, 1.165) is 13.1 Å². The summed E-state index contributed by atoms with van der Waals surface area (Å²) in [4.78, 5) is 2.54. The van der Waals surface area contributed by atoms with Crippen LogP contribution in [0, 0.1) is 23.2 Å². The number of rotatable bonds is 6. The second kappa shape index (κ2) is 6.81. The normalized spacial score (nSPS) is 21.1. The van der Waals surface area contributed by atoms with Gasteiger partial charge in [-0.15, -0.1) is 0 Å². The van der Waals surface area contributed by atoms with E-state index in [1.165, 1.54) is 32.5 Å². The van der Waals surface area contributed by atoms with Crippen LogP contribution in [0.5, 0.6) is 0 Å². The molecule has 0 aromatic rings. The zero-order valence-corrected chi connectivity index (χ0v) is 10.00. The molecule has 2 atom stereocenters. The molecule has 1 saturated heterocycles. The molecule has 1 rings (SSSR count). The van der Waals surface area contributed by atoms with E-state index in [9.17, 15) is 0 Å². The summed E-state index contributed by atoms with van der Waals surface area (Å²) in [6.45, 7) is 9.84. The lowest BCUT2D eigenvalue weighted by atomic mass is 10.1. The fourth-order valence-electron chi connectivity index (χ4n) is 2.06. The van der Waals surface area contributed by atoms with Crippen molar-refractivity contribution in [2.45, 2.75) is 26.7 Å². The highest BCUT2D eigenvalue weighted by Gasteiger charge is 2.14. The first-order valence-electron chi connectivity index (χ1n) is 6.05. The van der Waals surface area contributed by atoms with Crippen LogP contribution in [0.15, 0.2) is 0 Å². The number of hydrogen-bond acceptors (Lipinski definition) is 3. The summed E-state index contributed by atoms with van der Waals surface area (Å²) in [7, 11) is 0. The van der Waals surface area contributed by atoms with E-state index in [0.29, 0.717) is 5.92 Å². The van der Waals surface area contributed by atoms with Crippen molar-refractivity contribution in [2.24, 2.45) is 11.8 Å². The summed E-state index contributed by atoms with van der Waals surface area (Å²) >= 11 is 0. The fraction of sp³-hybridized carbons (Fsp3) is 0.917. The Kier molecular flexibility index (Phi) is 5.67. The van der Waals surface area contributed by atoms with Gasteiger partial charge >= 0.3 is 0 Å². The van der Waals surface area contributed by atoms with Crippen molar-refractivity contribution in [3.63, 3.8) is 0 Å². The Morgan fingerprint density at radius 3 is 2.53 bits per heavy atom. The number of likely N-dealkylation sites (tertiary alicyclic amines) is 1. The molecule has 3 nitrogen and oxygen atoms in total. The maximum Gasteiger partial charge on any atom is 0.0666 e. The molecule has 86 valence electrons. The predicted molar refractivity (Wildman–Crippen MR) is 62.5 cm³/mol. The molecule has 1 heterocycles. The van der Waals surface area contributed by atoms with Crippen LogP contribution < -0.4 is 5.32 Å². The minimum absolute atomic E-state index is 0.129. The average Bonchev–Trinajstić information content (AvgIpc) is 2.70. The Bertz CT molecular complexity index is 203. The lowest BCUT2D eigenvalue weighted by molar-refractivity contribution is 0.282. The molecular weight excluding hydrogens is 186 g/mol. The first-order chi connectivity index (χ1) is 7.22. The van der Waals surface area contributed by atoms with E-state index >= 15 is 0 Å². The maximum absolute atomic E-state index is 8.63. The Morgan fingerprint density at radius 1 is 1.27 bits per heavy atom. The van der Waals surface area contributed by atoms with Crippen molar-refractivity contribution in [2.75, 3.05) is 32.7 Å². The summed E-state index contributed by atoms with van der Waals surface area (Å²) in [5, 5.41) is 12.0. The molecular formula is C12H23N3. The molecule has 0 aromatic carbocycles. The molecule has 1 aliphatic heterocycles. The van der Waals surface area contributed by atoms with Gasteiger partial charge in [0.05, 0.1) is 12.0 Å². The van der Waals surface area contributed by atoms with Gasteiger partial charge in [-0.3, -0.25) is 0 Å². The van der Waals surface area contributed by atoms with Crippen LogP contribution in [0.1, 0.15) is 26.7 Å². The van der Waals surface area contributed by atoms with Gasteiger partial charge in [-0.25, -0.2) is 0 Å². The lowest BCUT2D eigenvalue weighted by Crippen LogP contribution is -2.33. The molecule has 1 aliphatic rings. The summed E-state index contributed by atoms with van der Waals surface area (Å²) in [5.74, 6) is 0.818. The topological polar surface area (TPSA) is 39.1 Å². The number of nitrogens with zero attached hydrogens (tertiary/aromatic N) is 2. The third-order valence-electron chi connectivity index (χ3n) is 2.93. The molecule has 3 heteroatoms.